The van der Waals surface area contributed by atoms with Crippen LogP contribution in [0.4, 0.5) is 4.39 Å². The molecule has 1 aromatic heterocycles. The van der Waals surface area contributed by atoms with Gasteiger partial charge in [0.1, 0.15) is 11.7 Å². The fourth-order valence-electron chi connectivity index (χ4n) is 2.50. The van der Waals surface area contributed by atoms with Gasteiger partial charge in [0.2, 0.25) is 0 Å². The molecule has 0 amide bonds. The van der Waals surface area contributed by atoms with Gasteiger partial charge in [-0.1, -0.05) is 0 Å². The first-order valence-electron chi connectivity index (χ1n) is 5.41. The summed E-state index contributed by atoms with van der Waals surface area (Å²) in [5.41, 5.74) is -5.30. The van der Waals surface area contributed by atoms with Gasteiger partial charge in [-0.05, 0) is 0 Å². The minimum atomic E-state index is -2.11. The van der Waals surface area contributed by atoms with E-state index >= 15 is 0 Å². The van der Waals surface area contributed by atoms with Gasteiger partial charge in [-0.3, -0.25) is 14.3 Å². The lowest BCUT2D eigenvalue weighted by Gasteiger charge is -2.19. The van der Waals surface area contributed by atoms with Gasteiger partial charge in [0.05, 0.1) is 6.61 Å². The van der Waals surface area contributed by atoms with Crippen molar-refractivity contribution in [3.8, 4) is 0 Å². The van der Waals surface area contributed by atoms with Crippen molar-refractivity contribution in [1.29, 1.82) is 0 Å². The van der Waals surface area contributed by atoms with Crippen LogP contribution in [0, 0.1) is 0 Å². The molecule has 1 aliphatic heterocycles. The number of fused-ring (bicyclic) bond motifs is 1. The smallest absolute Gasteiger partial charge is 0.330 e. The van der Waals surface area contributed by atoms with Gasteiger partial charge in [-0.2, -0.15) is 0 Å². The standard InChI is InChI=1S/C10H11FN2O5/c11-9-4-10(9,17)5(3-14)18-7(9)13-2-1-6(15)12-8(13)16/h1-2,5,7,14,17H,3-4H2,(H,12,15,16)/t5-,7?,9?,10?/m1/s1. The first-order chi connectivity index (χ1) is 8.42. The number of alkyl halides is 1. The number of hydrogen-bond donors (Lipinski definition) is 3. The molecular weight excluding hydrogens is 247 g/mol. The lowest BCUT2D eigenvalue weighted by molar-refractivity contribution is -0.0884. The number of halogens is 1. The monoisotopic (exact) mass is 258 g/mol. The quantitative estimate of drug-likeness (QED) is 0.584. The third-order valence-corrected chi connectivity index (χ3v) is 3.61. The van der Waals surface area contributed by atoms with Gasteiger partial charge in [-0.15, -0.1) is 0 Å². The van der Waals surface area contributed by atoms with Gasteiger partial charge in [0, 0.05) is 18.7 Å². The largest absolute Gasteiger partial charge is 0.394 e. The molecular formula is C10H11FN2O5. The zero-order chi connectivity index (χ0) is 13.1. The highest BCUT2D eigenvalue weighted by atomic mass is 19.1. The molecule has 2 aliphatic rings. The van der Waals surface area contributed by atoms with Crippen LogP contribution >= 0.6 is 0 Å². The van der Waals surface area contributed by atoms with E-state index in [2.05, 4.69) is 0 Å². The van der Waals surface area contributed by atoms with Crippen molar-refractivity contribution in [3.05, 3.63) is 33.1 Å². The van der Waals surface area contributed by atoms with Crippen molar-refractivity contribution in [2.45, 2.75) is 30.0 Å². The van der Waals surface area contributed by atoms with E-state index < -0.39 is 41.5 Å². The lowest BCUT2D eigenvalue weighted by Crippen LogP contribution is -2.36. The number of nitrogens with zero attached hydrogens (tertiary/aromatic N) is 1. The molecule has 3 N–H and O–H groups in total. The first kappa shape index (κ1) is 11.6. The number of aromatic amines is 1. The molecule has 1 aliphatic carbocycles. The summed E-state index contributed by atoms with van der Waals surface area (Å²) in [6.07, 6.45) is -1.53. The molecule has 18 heavy (non-hydrogen) atoms. The van der Waals surface area contributed by atoms with Gasteiger partial charge in [0.25, 0.3) is 5.56 Å². The third-order valence-electron chi connectivity index (χ3n) is 3.61. The lowest BCUT2D eigenvalue weighted by atomic mass is 10.1. The zero-order valence-corrected chi connectivity index (χ0v) is 9.17. The summed E-state index contributed by atoms with van der Waals surface area (Å²) in [5.74, 6) is 0. The highest BCUT2D eigenvalue weighted by Crippen LogP contribution is 2.65. The minimum absolute atomic E-state index is 0.207. The Bertz CT molecular complexity index is 613. The molecule has 1 saturated heterocycles. The van der Waals surface area contributed by atoms with Crippen molar-refractivity contribution in [2.75, 3.05) is 6.61 Å². The predicted molar refractivity (Wildman–Crippen MR) is 55.7 cm³/mol. The van der Waals surface area contributed by atoms with E-state index in [9.17, 15) is 19.1 Å². The molecule has 3 unspecified atom stereocenters. The number of aromatic nitrogens is 2. The average molecular weight is 258 g/mol. The van der Waals surface area contributed by atoms with Crippen molar-refractivity contribution >= 4 is 0 Å². The maximum Gasteiger partial charge on any atom is 0.330 e. The molecule has 1 aromatic rings. The number of aliphatic hydroxyl groups is 2. The second-order valence-electron chi connectivity index (χ2n) is 4.64. The van der Waals surface area contributed by atoms with Crippen molar-refractivity contribution in [3.63, 3.8) is 0 Å². The Morgan fingerprint density at radius 1 is 1.61 bits per heavy atom. The summed E-state index contributed by atoms with van der Waals surface area (Å²) in [6.45, 7) is -0.545. The second kappa shape index (κ2) is 3.28. The van der Waals surface area contributed by atoms with Crippen LogP contribution in [0.2, 0.25) is 0 Å². The maximum absolute atomic E-state index is 14.4. The first-order valence-corrected chi connectivity index (χ1v) is 5.41. The van der Waals surface area contributed by atoms with E-state index in [1.165, 1.54) is 0 Å². The molecule has 3 rings (SSSR count). The Labute approximate surface area is 99.4 Å². The third kappa shape index (κ3) is 1.22. The molecule has 2 fully saturated rings. The van der Waals surface area contributed by atoms with Crippen LogP contribution in [0.5, 0.6) is 0 Å². The number of H-pyrrole nitrogens is 1. The summed E-state index contributed by atoms with van der Waals surface area (Å²) in [7, 11) is 0. The Hall–Kier alpha value is -1.51. The van der Waals surface area contributed by atoms with E-state index in [1.807, 2.05) is 4.98 Å². The predicted octanol–water partition coefficient (Wildman–Crippen LogP) is -1.73. The Kier molecular flexibility index (Phi) is 2.11. The summed E-state index contributed by atoms with van der Waals surface area (Å²) in [6, 6.07) is 1.06. The van der Waals surface area contributed by atoms with E-state index in [0.717, 1.165) is 16.8 Å². The molecule has 0 aromatic carbocycles. The van der Waals surface area contributed by atoms with Crippen molar-refractivity contribution in [2.24, 2.45) is 0 Å². The van der Waals surface area contributed by atoms with Crippen LogP contribution in [0.15, 0.2) is 21.9 Å². The van der Waals surface area contributed by atoms with Crippen molar-refractivity contribution < 1.29 is 19.3 Å². The van der Waals surface area contributed by atoms with Gasteiger partial charge in [0.15, 0.2) is 11.9 Å². The number of ether oxygens (including phenoxy) is 1. The normalized spacial score (nSPS) is 41.7. The van der Waals surface area contributed by atoms with E-state index in [4.69, 9.17) is 9.84 Å². The minimum Gasteiger partial charge on any atom is -0.394 e. The molecule has 1 saturated carbocycles. The topological polar surface area (TPSA) is 105 Å². The fourth-order valence-corrected chi connectivity index (χ4v) is 2.50. The average Bonchev–Trinajstić information content (AvgIpc) is 2.79. The van der Waals surface area contributed by atoms with Crippen molar-refractivity contribution in [1.82, 2.24) is 9.55 Å². The number of hydrogen-bond acceptors (Lipinski definition) is 5. The highest BCUT2D eigenvalue weighted by Gasteiger charge is 2.82. The Morgan fingerprint density at radius 3 is 2.89 bits per heavy atom. The summed E-state index contributed by atoms with van der Waals surface area (Å²) < 4.78 is 20.4. The maximum atomic E-state index is 14.4. The van der Waals surface area contributed by atoms with Crippen LogP contribution in [0.25, 0.3) is 0 Å². The van der Waals surface area contributed by atoms with E-state index in [0.29, 0.717) is 0 Å². The van der Waals surface area contributed by atoms with E-state index in [-0.39, 0.29) is 6.42 Å². The van der Waals surface area contributed by atoms with Gasteiger partial charge >= 0.3 is 5.69 Å². The van der Waals surface area contributed by atoms with Crippen LogP contribution in [-0.2, 0) is 4.74 Å². The molecule has 0 spiro atoms. The summed E-state index contributed by atoms with van der Waals surface area (Å²) in [5, 5.41) is 18.9. The molecule has 7 nitrogen and oxygen atoms in total. The molecule has 8 heteroatoms. The van der Waals surface area contributed by atoms with Crippen LogP contribution in [-0.4, -0.2) is 43.7 Å². The molecule has 2 heterocycles. The highest BCUT2D eigenvalue weighted by molar-refractivity contribution is 5.28. The van der Waals surface area contributed by atoms with Crippen LogP contribution < -0.4 is 11.2 Å². The fraction of sp³-hybridized carbons (Fsp3) is 0.600. The van der Waals surface area contributed by atoms with Crippen LogP contribution in [0.3, 0.4) is 0 Å². The van der Waals surface area contributed by atoms with Crippen LogP contribution in [0.1, 0.15) is 12.6 Å². The zero-order valence-electron chi connectivity index (χ0n) is 9.17. The molecule has 0 bridgehead atoms. The Balaban J connectivity index is 2.04. The number of nitrogens with one attached hydrogen (secondary N) is 1. The SMILES string of the molecule is O=c1ccn(C2O[C@H](CO)C3(O)CC23F)c(=O)[nH]1. The number of rotatable bonds is 2. The summed E-state index contributed by atoms with van der Waals surface area (Å²) in [4.78, 5) is 24.4. The second-order valence-corrected chi connectivity index (χ2v) is 4.64. The van der Waals surface area contributed by atoms with Gasteiger partial charge < -0.3 is 14.9 Å². The summed E-state index contributed by atoms with van der Waals surface area (Å²) >= 11 is 0. The molecule has 0 radical (unpaired) electrons. The Morgan fingerprint density at radius 2 is 2.33 bits per heavy atom. The van der Waals surface area contributed by atoms with E-state index in [1.54, 1.807) is 0 Å². The molecule has 4 atom stereocenters. The number of aliphatic hydroxyl groups excluding tert-OH is 1. The molecule has 98 valence electrons. The van der Waals surface area contributed by atoms with Gasteiger partial charge in [-0.25, -0.2) is 9.18 Å².